The van der Waals surface area contributed by atoms with E-state index in [9.17, 15) is 9.59 Å². The van der Waals surface area contributed by atoms with Crippen LogP contribution in [0, 0.1) is 5.92 Å². The summed E-state index contributed by atoms with van der Waals surface area (Å²) in [5.41, 5.74) is 2.65. The fraction of sp³-hybridized carbons (Fsp3) is 0.333. The Balaban J connectivity index is 1.90. The Bertz CT molecular complexity index is 736. The first-order valence-corrected chi connectivity index (χ1v) is 7.72. The summed E-state index contributed by atoms with van der Waals surface area (Å²) in [6, 6.07) is 11.3. The maximum Gasteiger partial charge on any atom is 0.252 e. The van der Waals surface area contributed by atoms with Crippen molar-refractivity contribution in [3.63, 3.8) is 0 Å². The Kier molecular flexibility index (Phi) is 4.09. The highest BCUT2D eigenvalue weighted by Gasteiger charge is 2.26. The van der Waals surface area contributed by atoms with Gasteiger partial charge in [0.05, 0.1) is 6.04 Å². The largest absolute Gasteiger partial charge is 0.345 e. The molecule has 114 valence electrons. The van der Waals surface area contributed by atoms with Crippen LogP contribution in [0.2, 0.25) is 0 Å². The predicted molar refractivity (Wildman–Crippen MR) is 85.8 cm³/mol. The van der Waals surface area contributed by atoms with E-state index >= 15 is 0 Å². The Labute approximate surface area is 129 Å². The molecule has 1 aliphatic carbocycles. The number of aromatic amines is 1. The average molecular weight is 296 g/mol. The third-order valence-electron chi connectivity index (χ3n) is 4.39. The number of aryl methyl sites for hydroxylation is 1. The summed E-state index contributed by atoms with van der Waals surface area (Å²) in [4.78, 5) is 26.4. The van der Waals surface area contributed by atoms with E-state index in [-0.39, 0.29) is 17.5 Å². The number of nitrogens with one attached hydrogen (secondary N) is 2. The average Bonchev–Trinajstić information content (AvgIpc) is 2.67. The molecule has 0 aliphatic heterocycles. The van der Waals surface area contributed by atoms with E-state index in [4.69, 9.17) is 0 Å². The zero-order valence-electron chi connectivity index (χ0n) is 12.6. The molecule has 22 heavy (non-hydrogen) atoms. The number of amides is 1. The van der Waals surface area contributed by atoms with Gasteiger partial charge >= 0.3 is 0 Å². The summed E-state index contributed by atoms with van der Waals surface area (Å²) in [5.74, 6) is 0.175. The molecule has 1 heterocycles. The second-order valence-corrected chi connectivity index (χ2v) is 5.96. The number of H-pyrrole nitrogens is 1. The van der Waals surface area contributed by atoms with Gasteiger partial charge in [-0.3, -0.25) is 9.59 Å². The van der Waals surface area contributed by atoms with Gasteiger partial charge in [0, 0.05) is 17.8 Å². The normalized spacial score (nSPS) is 20.8. The number of carbonyl (C=O) groups is 1. The van der Waals surface area contributed by atoms with E-state index in [2.05, 4.69) is 29.4 Å². The number of carbonyl (C=O) groups excluding carboxylic acids is 1. The second kappa shape index (κ2) is 6.18. The second-order valence-electron chi connectivity index (χ2n) is 5.96. The molecule has 0 saturated heterocycles. The van der Waals surface area contributed by atoms with Gasteiger partial charge in [-0.2, -0.15) is 0 Å². The molecule has 0 radical (unpaired) electrons. The van der Waals surface area contributed by atoms with Crippen molar-refractivity contribution in [1.29, 1.82) is 0 Å². The number of pyridine rings is 1. The molecular weight excluding hydrogens is 276 g/mol. The van der Waals surface area contributed by atoms with Crippen LogP contribution in [0.25, 0.3) is 0 Å². The van der Waals surface area contributed by atoms with Crippen molar-refractivity contribution in [3.8, 4) is 0 Å². The van der Waals surface area contributed by atoms with Gasteiger partial charge in [-0.25, -0.2) is 0 Å². The van der Waals surface area contributed by atoms with Gasteiger partial charge in [-0.15, -0.1) is 0 Å². The lowest BCUT2D eigenvalue weighted by molar-refractivity contribution is 0.0922. The van der Waals surface area contributed by atoms with Crippen LogP contribution in [0.3, 0.4) is 0 Å². The molecule has 4 nitrogen and oxygen atoms in total. The first-order valence-electron chi connectivity index (χ1n) is 7.72. The number of hydrogen-bond acceptors (Lipinski definition) is 2. The molecule has 1 amide bonds. The van der Waals surface area contributed by atoms with Crippen molar-refractivity contribution in [2.24, 2.45) is 5.92 Å². The van der Waals surface area contributed by atoms with Crippen LogP contribution in [-0.2, 0) is 6.42 Å². The number of aromatic nitrogens is 1. The standard InChI is InChI=1S/C18H20N2O2/c1-12-5-4-7-13-6-2-3-8-15(13)17(12)20-18(22)14-9-10-19-16(21)11-14/h2-3,6,8-12,17H,4-5,7H2,1H3,(H,19,21)(H,20,22). The van der Waals surface area contributed by atoms with Crippen molar-refractivity contribution in [3.05, 3.63) is 69.6 Å². The van der Waals surface area contributed by atoms with Crippen LogP contribution in [0.4, 0.5) is 0 Å². The molecule has 3 rings (SSSR count). The van der Waals surface area contributed by atoms with Crippen molar-refractivity contribution in [2.75, 3.05) is 0 Å². The van der Waals surface area contributed by atoms with Crippen LogP contribution in [0.1, 0.15) is 47.3 Å². The summed E-state index contributed by atoms with van der Waals surface area (Å²) in [5, 5.41) is 3.12. The molecule has 1 aromatic heterocycles. The summed E-state index contributed by atoms with van der Waals surface area (Å²) < 4.78 is 0. The zero-order chi connectivity index (χ0) is 15.5. The molecule has 2 atom stereocenters. The minimum absolute atomic E-state index is 0.00881. The van der Waals surface area contributed by atoms with Gasteiger partial charge < -0.3 is 10.3 Å². The highest BCUT2D eigenvalue weighted by molar-refractivity contribution is 5.94. The van der Waals surface area contributed by atoms with Gasteiger partial charge in [-0.1, -0.05) is 31.2 Å². The molecule has 2 unspecified atom stereocenters. The summed E-state index contributed by atoms with van der Waals surface area (Å²) >= 11 is 0. The third kappa shape index (κ3) is 2.96. The van der Waals surface area contributed by atoms with E-state index < -0.39 is 0 Å². The Morgan fingerprint density at radius 2 is 2.09 bits per heavy atom. The maximum absolute atomic E-state index is 12.5. The van der Waals surface area contributed by atoms with E-state index in [1.807, 2.05) is 12.1 Å². The van der Waals surface area contributed by atoms with E-state index in [1.165, 1.54) is 23.4 Å². The Morgan fingerprint density at radius 3 is 2.91 bits per heavy atom. The van der Waals surface area contributed by atoms with Gasteiger partial charge in [-0.05, 0) is 42.4 Å². The molecule has 0 saturated carbocycles. The van der Waals surface area contributed by atoms with E-state index in [0.29, 0.717) is 11.5 Å². The minimum atomic E-state index is -0.262. The van der Waals surface area contributed by atoms with E-state index in [0.717, 1.165) is 19.3 Å². The topological polar surface area (TPSA) is 62.0 Å². The van der Waals surface area contributed by atoms with Gasteiger partial charge in [0.25, 0.3) is 5.91 Å². The Hall–Kier alpha value is -2.36. The van der Waals surface area contributed by atoms with Crippen LogP contribution in [0.5, 0.6) is 0 Å². The quantitative estimate of drug-likeness (QED) is 0.837. The zero-order valence-corrected chi connectivity index (χ0v) is 12.6. The number of hydrogen-bond donors (Lipinski definition) is 2. The first kappa shape index (κ1) is 14.6. The molecule has 0 spiro atoms. The Morgan fingerprint density at radius 1 is 1.27 bits per heavy atom. The molecule has 1 aromatic carbocycles. The smallest absolute Gasteiger partial charge is 0.252 e. The molecule has 2 N–H and O–H groups in total. The third-order valence-corrected chi connectivity index (χ3v) is 4.39. The first-order chi connectivity index (χ1) is 10.6. The lowest BCUT2D eigenvalue weighted by Gasteiger charge is -2.25. The van der Waals surface area contributed by atoms with Crippen LogP contribution >= 0.6 is 0 Å². The molecule has 4 heteroatoms. The lowest BCUT2D eigenvalue weighted by atomic mass is 9.92. The van der Waals surface area contributed by atoms with Crippen molar-refractivity contribution in [2.45, 2.75) is 32.2 Å². The highest BCUT2D eigenvalue weighted by atomic mass is 16.2. The number of benzene rings is 1. The summed E-state index contributed by atoms with van der Waals surface area (Å²) in [6.45, 7) is 2.17. The summed E-state index contributed by atoms with van der Waals surface area (Å²) in [6.07, 6.45) is 4.77. The predicted octanol–water partition coefficient (Wildman–Crippen LogP) is 2.82. The van der Waals surface area contributed by atoms with Crippen molar-refractivity contribution < 1.29 is 4.79 Å². The molecule has 2 aromatic rings. The number of fused-ring (bicyclic) bond motifs is 1. The van der Waals surface area contributed by atoms with Crippen LogP contribution in [-0.4, -0.2) is 10.9 Å². The fourth-order valence-electron chi connectivity index (χ4n) is 3.18. The maximum atomic E-state index is 12.5. The van der Waals surface area contributed by atoms with Gasteiger partial charge in [0.15, 0.2) is 0 Å². The lowest BCUT2D eigenvalue weighted by Crippen LogP contribution is -2.33. The SMILES string of the molecule is CC1CCCc2ccccc2C1NC(=O)c1cc[nH]c(=O)c1. The van der Waals surface area contributed by atoms with Crippen LogP contribution < -0.4 is 10.9 Å². The fourth-order valence-corrected chi connectivity index (χ4v) is 3.18. The van der Waals surface area contributed by atoms with Gasteiger partial charge in [0.1, 0.15) is 0 Å². The van der Waals surface area contributed by atoms with Crippen LogP contribution in [0.15, 0.2) is 47.4 Å². The van der Waals surface area contributed by atoms with Crippen molar-refractivity contribution in [1.82, 2.24) is 10.3 Å². The minimum Gasteiger partial charge on any atom is -0.345 e. The van der Waals surface area contributed by atoms with Crippen molar-refractivity contribution >= 4 is 5.91 Å². The number of rotatable bonds is 2. The monoisotopic (exact) mass is 296 g/mol. The molecule has 0 fully saturated rings. The van der Waals surface area contributed by atoms with E-state index in [1.54, 1.807) is 6.07 Å². The summed E-state index contributed by atoms with van der Waals surface area (Å²) in [7, 11) is 0. The highest BCUT2D eigenvalue weighted by Crippen LogP contribution is 2.33. The molecule has 1 aliphatic rings. The molecule has 0 bridgehead atoms. The molecular formula is C18H20N2O2. The van der Waals surface area contributed by atoms with Gasteiger partial charge in [0.2, 0.25) is 5.56 Å².